The van der Waals surface area contributed by atoms with Crippen molar-refractivity contribution in [2.75, 3.05) is 44.2 Å². The monoisotopic (exact) mass is 625 g/mol. The lowest BCUT2D eigenvalue weighted by Gasteiger charge is -2.38. The summed E-state index contributed by atoms with van der Waals surface area (Å²) in [4.78, 5) is 50.1. The minimum atomic E-state index is -1.12. The zero-order valence-electron chi connectivity index (χ0n) is 26.7. The highest BCUT2D eigenvalue weighted by atomic mass is 16.5. The Morgan fingerprint density at radius 1 is 0.913 bits per heavy atom. The van der Waals surface area contributed by atoms with Crippen LogP contribution in [-0.4, -0.2) is 93.6 Å². The fraction of sp³-hybridized carbons (Fsp3) is 0.444. The number of piperazine rings is 1. The van der Waals surface area contributed by atoms with E-state index < -0.39 is 11.7 Å². The Morgan fingerprint density at radius 2 is 1.65 bits per heavy atom. The van der Waals surface area contributed by atoms with E-state index in [0.29, 0.717) is 38.0 Å². The number of carbonyl (C=O) groups is 3. The molecule has 3 heterocycles. The Balaban J connectivity index is 1.08. The van der Waals surface area contributed by atoms with Crippen LogP contribution in [0.3, 0.4) is 0 Å². The predicted octanol–water partition coefficient (Wildman–Crippen LogP) is 5.14. The SMILES string of the molecule is CC(C)(Oc1cccc(N2CCCC(C(=O)N(Cc3ccc(-c4cccnc4)cc3)C3CC3)C2)c1)C(=O)N1CCN(C(=O)O)CC1. The summed E-state index contributed by atoms with van der Waals surface area (Å²) in [7, 11) is 0. The van der Waals surface area contributed by atoms with Crippen molar-refractivity contribution in [3.8, 4) is 16.9 Å². The number of pyridine rings is 1. The zero-order valence-corrected chi connectivity index (χ0v) is 26.7. The molecule has 1 aromatic heterocycles. The van der Waals surface area contributed by atoms with E-state index in [0.717, 1.165) is 54.6 Å². The standard InChI is InChI=1S/C36H43N5O5/c1-36(2,34(43)38-18-20-39(21-19-38)35(44)45)46-32-9-3-8-31(22-32)40-17-5-7-29(25-40)33(42)41(30-14-15-30)24-26-10-12-27(13-11-26)28-6-4-16-37-23-28/h3-4,6,8-13,16,22-23,29-30H,5,7,14-15,17-21,24-25H2,1-2H3,(H,44,45). The fourth-order valence-corrected chi connectivity index (χ4v) is 6.52. The van der Waals surface area contributed by atoms with Crippen LogP contribution in [0, 0.1) is 5.92 Å². The summed E-state index contributed by atoms with van der Waals surface area (Å²) in [5, 5.41) is 9.22. The molecule has 3 aromatic rings. The predicted molar refractivity (Wildman–Crippen MR) is 176 cm³/mol. The third kappa shape index (κ3) is 7.27. The van der Waals surface area contributed by atoms with Crippen molar-refractivity contribution in [2.45, 2.75) is 57.7 Å². The minimum absolute atomic E-state index is 0.0870. The molecule has 3 aliphatic rings. The lowest BCUT2D eigenvalue weighted by Crippen LogP contribution is -2.56. The van der Waals surface area contributed by atoms with Crippen LogP contribution >= 0.6 is 0 Å². The van der Waals surface area contributed by atoms with Crippen molar-refractivity contribution in [1.82, 2.24) is 19.7 Å². The molecule has 3 fully saturated rings. The number of anilines is 1. The molecule has 2 saturated heterocycles. The Bertz CT molecular complexity index is 1530. The molecule has 1 aliphatic carbocycles. The molecule has 6 rings (SSSR count). The average Bonchev–Trinajstić information content (AvgIpc) is 3.93. The van der Waals surface area contributed by atoms with Gasteiger partial charge in [-0.3, -0.25) is 14.6 Å². The summed E-state index contributed by atoms with van der Waals surface area (Å²) >= 11 is 0. The minimum Gasteiger partial charge on any atom is -0.478 e. The van der Waals surface area contributed by atoms with Crippen LogP contribution in [0.25, 0.3) is 11.1 Å². The number of carboxylic acid groups (broad SMARTS) is 1. The molecule has 2 aromatic carbocycles. The van der Waals surface area contributed by atoms with Crippen LogP contribution in [0.4, 0.5) is 10.5 Å². The van der Waals surface area contributed by atoms with Crippen molar-refractivity contribution in [3.05, 3.63) is 78.6 Å². The number of hydrogen-bond acceptors (Lipinski definition) is 6. The number of ether oxygens (including phenoxy) is 1. The highest BCUT2D eigenvalue weighted by Crippen LogP contribution is 2.34. The number of hydrogen-bond donors (Lipinski definition) is 1. The molecule has 10 nitrogen and oxygen atoms in total. The van der Waals surface area contributed by atoms with E-state index in [1.165, 1.54) is 4.90 Å². The molecule has 10 heteroatoms. The third-order valence-electron chi connectivity index (χ3n) is 9.25. The number of benzene rings is 2. The number of aromatic nitrogens is 1. The van der Waals surface area contributed by atoms with E-state index in [1.807, 2.05) is 42.6 Å². The van der Waals surface area contributed by atoms with E-state index >= 15 is 0 Å². The van der Waals surface area contributed by atoms with Gasteiger partial charge in [0, 0.05) is 76.0 Å². The Hall–Kier alpha value is -4.60. The Kier molecular flexibility index (Phi) is 9.15. The fourth-order valence-electron chi connectivity index (χ4n) is 6.52. The lowest BCUT2D eigenvalue weighted by atomic mass is 9.95. The molecule has 0 spiro atoms. The molecule has 0 bridgehead atoms. The van der Waals surface area contributed by atoms with E-state index in [-0.39, 0.29) is 30.8 Å². The van der Waals surface area contributed by atoms with Gasteiger partial charge in [-0.25, -0.2) is 4.79 Å². The average molecular weight is 626 g/mol. The topological polar surface area (TPSA) is 107 Å². The van der Waals surface area contributed by atoms with Gasteiger partial charge in [-0.15, -0.1) is 0 Å². The van der Waals surface area contributed by atoms with Crippen molar-refractivity contribution >= 4 is 23.6 Å². The number of carbonyl (C=O) groups excluding carboxylic acids is 2. The molecule has 1 saturated carbocycles. The highest BCUT2D eigenvalue weighted by molar-refractivity contribution is 5.85. The Morgan fingerprint density at radius 3 is 2.33 bits per heavy atom. The van der Waals surface area contributed by atoms with Crippen LogP contribution in [0.2, 0.25) is 0 Å². The summed E-state index contributed by atoms with van der Waals surface area (Å²) in [6, 6.07) is 20.5. The zero-order chi connectivity index (χ0) is 32.3. The van der Waals surface area contributed by atoms with Crippen LogP contribution in [0.15, 0.2) is 73.1 Å². The first kappa shape index (κ1) is 31.4. The smallest absolute Gasteiger partial charge is 0.407 e. The maximum Gasteiger partial charge on any atom is 0.407 e. The maximum atomic E-state index is 14.0. The van der Waals surface area contributed by atoms with Crippen molar-refractivity contribution in [2.24, 2.45) is 5.92 Å². The number of piperidine rings is 1. The largest absolute Gasteiger partial charge is 0.478 e. The number of amides is 3. The lowest BCUT2D eigenvalue weighted by molar-refractivity contribution is -0.147. The molecular formula is C36H43N5O5. The quantitative estimate of drug-likeness (QED) is 0.351. The highest BCUT2D eigenvalue weighted by Gasteiger charge is 2.38. The number of nitrogens with zero attached hydrogens (tertiary/aromatic N) is 5. The molecular weight excluding hydrogens is 582 g/mol. The second kappa shape index (κ2) is 13.4. The third-order valence-corrected chi connectivity index (χ3v) is 9.25. The first-order chi connectivity index (χ1) is 22.2. The van der Waals surface area contributed by atoms with E-state index in [2.05, 4.69) is 39.0 Å². The summed E-state index contributed by atoms with van der Waals surface area (Å²) in [5.41, 5.74) is 3.17. The van der Waals surface area contributed by atoms with Crippen molar-refractivity contribution in [1.29, 1.82) is 0 Å². The normalized spacial score (nSPS) is 18.7. The molecule has 2 aliphatic heterocycles. The van der Waals surface area contributed by atoms with Gasteiger partial charge >= 0.3 is 6.09 Å². The van der Waals surface area contributed by atoms with Gasteiger partial charge < -0.3 is 29.4 Å². The molecule has 3 amide bonds. The van der Waals surface area contributed by atoms with Crippen LogP contribution < -0.4 is 9.64 Å². The Labute approximate surface area is 270 Å². The second-order valence-electron chi connectivity index (χ2n) is 13.1. The maximum absolute atomic E-state index is 14.0. The molecule has 242 valence electrons. The molecule has 1 unspecified atom stereocenters. The summed E-state index contributed by atoms with van der Waals surface area (Å²) < 4.78 is 6.25. The second-order valence-corrected chi connectivity index (χ2v) is 13.1. The van der Waals surface area contributed by atoms with Gasteiger partial charge in [-0.05, 0) is 74.4 Å². The first-order valence-corrected chi connectivity index (χ1v) is 16.3. The van der Waals surface area contributed by atoms with Gasteiger partial charge in [0.2, 0.25) is 5.91 Å². The van der Waals surface area contributed by atoms with Gasteiger partial charge in [0.25, 0.3) is 5.91 Å². The van der Waals surface area contributed by atoms with Crippen molar-refractivity contribution < 1.29 is 24.2 Å². The summed E-state index contributed by atoms with van der Waals surface area (Å²) in [6.45, 7) is 6.87. The van der Waals surface area contributed by atoms with Gasteiger partial charge in [0.05, 0.1) is 5.92 Å². The van der Waals surface area contributed by atoms with Gasteiger partial charge in [0.1, 0.15) is 5.75 Å². The molecule has 1 atom stereocenters. The van der Waals surface area contributed by atoms with E-state index in [1.54, 1.807) is 24.9 Å². The first-order valence-electron chi connectivity index (χ1n) is 16.3. The van der Waals surface area contributed by atoms with Crippen LogP contribution in [0.5, 0.6) is 5.75 Å². The molecule has 1 N–H and O–H groups in total. The van der Waals surface area contributed by atoms with Crippen molar-refractivity contribution in [3.63, 3.8) is 0 Å². The molecule has 46 heavy (non-hydrogen) atoms. The van der Waals surface area contributed by atoms with Gasteiger partial charge in [-0.1, -0.05) is 36.4 Å². The van der Waals surface area contributed by atoms with Crippen LogP contribution in [-0.2, 0) is 16.1 Å². The molecule has 0 radical (unpaired) electrons. The number of rotatable bonds is 9. The summed E-state index contributed by atoms with van der Waals surface area (Å²) in [6.07, 6.45) is 6.57. The van der Waals surface area contributed by atoms with Gasteiger partial charge in [0.15, 0.2) is 5.60 Å². The van der Waals surface area contributed by atoms with E-state index in [4.69, 9.17) is 4.74 Å². The van der Waals surface area contributed by atoms with Crippen LogP contribution in [0.1, 0.15) is 45.1 Å². The van der Waals surface area contributed by atoms with E-state index in [9.17, 15) is 19.5 Å². The van der Waals surface area contributed by atoms with Gasteiger partial charge in [-0.2, -0.15) is 0 Å². The summed E-state index contributed by atoms with van der Waals surface area (Å²) in [5.74, 6) is 0.558.